The number of hydrogen-bond donors (Lipinski definition) is 1. The normalized spacial score (nSPS) is 21.3. The molecule has 0 spiro atoms. The SMILES string of the molecule is CC1(C)C(=O)N(c2cnc(C#N)c(C(F)(F)F)c2)C(=S)N1c1ccc(OCCN2CCN[C@H](C(F)(F)F)C2)c(C2CC2)c1. The van der Waals surface area contributed by atoms with Crippen molar-refractivity contribution in [2.75, 3.05) is 42.6 Å². The molecule has 3 heterocycles. The summed E-state index contributed by atoms with van der Waals surface area (Å²) in [6.07, 6.45) is -6.37. The highest BCUT2D eigenvalue weighted by molar-refractivity contribution is 7.81. The van der Waals surface area contributed by atoms with Gasteiger partial charge in [-0.1, -0.05) is 0 Å². The van der Waals surface area contributed by atoms with Crippen molar-refractivity contribution in [1.29, 1.82) is 5.26 Å². The number of carbonyl (C=O) groups excluding carboxylic acids is 1. The number of halogens is 6. The first kappa shape index (κ1) is 31.0. The monoisotopic (exact) mass is 626 g/mol. The Bertz CT molecular complexity index is 1470. The lowest BCUT2D eigenvalue weighted by atomic mass is 10.0. The van der Waals surface area contributed by atoms with E-state index in [9.17, 15) is 31.1 Å². The Morgan fingerprint density at radius 3 is 2.51 bits per heavy atom. The van der Waals surface area contributed by atoms with E-state index in [0.717, 1.165) is 29.5 Å². The first-order valence-electron chi connectivity index (χ1n) is 13.6. The zero-order chi connectivity index (χ0) is 31.3. The second kappa shape index (κ2) is 11.2. The number of thiocarbonyl (C=S) groups is 1. The van der Waals surface area contributed by atoms with E-state index < -0.39 is 41.1 Å². The Labute approximate surface area is 249 Å². The lowest BCUT2D eigenvalue weighted by Crippen LogP contribution is -2.57. The highest BCUT2D eigenvalue weighted by atomic mass is 32.1. The molecule has 43 heavy (non-hydrogen) atoms. The maximum absolute atomic E-state index is 13.6. The third-order valence-electron chi connectivity index (χ3n) is 7.80. The fourth-order valence-corrected chi connectivity index (χ4v) is 5.90. The number of pyridine rings is 1. The lowest BCUT2D eigenvalue weighted by Gasteiger charge is -2.34. The number of nitrogens with zero attached hydrogens (tertiary/aromatic N) is 5. The Balaban J connectivity index is 1.36. The van der Waals surface area contributed by atoms with Crippen molar-refractivity contribution in [2.45, 2.75) is 56.5 Å². The van der Waals surface area contributed by atoms with Crippen molar-refractivity contribution in [3.63, 3.8) is 0 Å². The van der Waals surface area contributed by atoms with E-state index in [1.54, 1.807) is 35.8 Å². The van der Waals surface area contributed by atoms with Gasteiger partial charge in [-0.15, -0.1) is 0 Å². The van der Waals surface area contributed by atoms with Crippen molar-refractivity contribution in [1.82, 2.24) is 15.2 Å². The zero-order valence-electron chi connectivity index (χ0n) is 23.2. The van der Waals surface area contributed by atoms with Crippen LogP contribution in [0.25, 0.3) is 0 Å². The van der Waals surface area contributed by atoms with Gasteiger partial charge < -0.3 is 15.0 Å². The summed E-state index contributed by atoms with van der Waals surface area (Å²) in [5, 5.41) is 11.5. The van der Waals surface area contributed by atoms with Crippen molar-refractivity contribution in [3.05, 3.63) is 47.3 Å². The third kappa shape index (κ3) is 6.13. The molecule has 3 aliphatic rings. The van der Waals surface area contributed by atoms with Crippen LogP contribution in [-0.4, -0.2) is 71.4 Å². The van der Waals surface area contributed by atoms with Crippen molar-refractivity contribution in [3.8, 4) is 11.8 Å². The van der Waals surface area contributed by atoms with Crippen LogP contribution in [0, 0.1) is 11.3 Å². The molecule has 2 aromatic rings. The van der Waals surface area contributed by atoms with Crippen LogP contribution in [0.2, 0.25) is 0 Å². The Kier molecular flexibility index (Phi) is 8.08. The smallest absolute Gasteiger partial charge is 0.419 e. The average Bonchev–Trinajstić information content (AvgIpc) is 3.76. The minimum Gasteiger partial charge on any atom is -0.492 e. The number of anilines is 2. The van der Waals surface area contributed by atoms with E-state index in [2.05, 4.69) is 10.3 Å². The Hall–Kier alpha value is -3.48. The van der Waals surface area contributed by atoms with Crippen LogP contribution in [0.15, 0.2) is 30.5 Å². The molecule has 0 radical (unpaired) electrons. The molecule has 1 aromatic carbocycles. The van der Waals surface area contributed by atoms with Gasteiger partial charge in [0.1, 0.15) is 30.0 Å². The minimum absolute atomic E-state index is 0.0528. The number of nitriles is 1. The fourth-order valence-electron chi connectivity index (χ4n) is 5.38. The molecule has 3 fully saturated rings. The van der Waals surface area contributed by atoms with E-state index in [1.807, 2.05) is 6.07 Å². The van der Waals surface area contributed by atoms with E-state index in [4.69, 9.17) is 22.2 Å². The molecule has 5 rings (SSSR count). The molecule has 1 aromatic heterocycles. The van der Waals surface area contributed by atoms with Gasteiger partial charge in [-0.25, -0.2) is 4.98 Å². The molecule has 2 aliphatic heterocycles. The number of aromatic nitrogens is 1. The van der Waals surface area contributed by atoms with Crippen LogP contribution >= 0.6 is 12.2 Å². The quantitative estimate of drug-likeness (QED) is 0.341. The first-order valence-corrected chi connectivity index (χ1v) is 14.0. The molecule has 230 valence electrons. The number of ether oxygens (including phenoxy) is 1. The molecule has 1 saturated carbocycles. The average molecular weight is 627 g/mol. The molecule has 0 bridgehead atoms. The van der Waals surface area contributed by atoms with E-state index in [-0.39, 0.29) is 36.4 Å². The predicted molar refractivity (Wildman–Crippen MR) is 149 cm³/mol. The highest BCUT2D eigenvalue weighted by Gasteiger charge is 2.51. The summed E-state index contributed by atoms with van der Waals surface area (Å²) in [6.45, 7) is 4.23. The van der Waals surface area contributed by atoms with Crippen molar-refractivity contribution < 1.29 is 35.9 Å². The molecule has 0 unspecified atom stereocenters. The number of alkyl halides is 6. The van der Waals surface area contributed by atoms with Gasteiger partial charge >= 0.3 is 12.4 Å². The molecule has 1 amide bonds. The summed E-state index contributed by atoms with van der Waals surface area (Å²) < 4.78 is 86.2. The van der Waals surface area contributed by atoms with Crippen LogP contribution in [0.5, 0.6) is 5.75 Å². The lowest BCUT2D eigenvalue weighted by molar-refractivity contribution is -0.164. The van der Waals surface area contributed by atoms with Crippen LogP contribution in [0.4, 0.5) is 37.7 Å². The second-order valence-electron chi connectivity index (χ2n) is 11.2. The summed E-state index contributed by atoms with van der Waals surface area (Å²) in [7, 11) is 0. The van der Waals surface area contributed by atoms with Gasteiger partial charge in [0.25, 0.3) is 5.91 Å². The number of hydrogen-bond acceptors (Lipinski definition) is 7. The van der Waals surface area contributed by atoms with Crippen LogP contribution < -0.4 is 19.9 Å². The van der Waals surface area contributed by atoms with E-state index in [0.29, 0.717) is 30.6 Å². The van der Waals surface area contributed by atoms with Crippen molar-refractivity contribution in [2.24, 2.45) is 0 Å². The maximum Gasteiger partial charge on any atom is 0.419 e. The summed E-state index contributed by atoms with van der Waals surface area (Å²) in [5.74, 6) is 0.191. The highest BCUT2D eigenvalue weighted by Crippen LogP contribution is 2.47. The maximum atomic E-state index is 13.6. The molecule has 8 nitrogen and oxygen atoms in total. The molecule has 1 N–H and O–H groups in total. The van der Waals surface area contributed by atoms with Crippen molar-refractivity contribution >= 4 is 34.6 Å². The Morgan fingerprint density at radius 1 is 1.16 bits per heavy atom. The number of amides is 1. The minimum atomic E-state index is -4.87. The van der Waals surface area contributed by atoms with Crippen LogP contribution in [-0.2, 0) is 11.0 Å². The van der Waals surface area contributed by atoms with Gasteiger partial charge in [0.15, 0.2) is 10.8 Å². The summed E-state index contributed by atoms with van der Waals surface area (Å²) in [5.41, 5.74) is -2.18. The van der Waals surface area contributed by atoms with Crippen LogP contribution in [0.1, 0.15) is 49.4 Å². The molecular formula is C28H28F6N6O2S. The number of nitrogens with one attached hydrogen (secondary N) is 1. The predicted octanol–water partition coefficient (Wildman–Crippen LogP) is 4.98. The standard InChI is InChI=1S/C28H28F6N6O2S/c1-26(2)24(41)39(18-12-20(27(29,30)31)21(13-35)37-14-18)25(43)40(26)17-5-6-22(19(11-17)16-3-4-16)42-10-9-38-8-7-36-23(15-38)28(32,33)34/h5-6,11-12,14,16,23,36H,3-4,7-10,15H2,1-2H3/t23-/m0/s1. The number of benzene rings is 1. The van der Waals surface area contributed by atoms with E-state index >= 15 is 0 Å². The fraction of sp³-hybridized carbons (Fsp3) is 0.500. The van der Waals surface area contributed by atoms with Gasteiger partial charge in [0.05, 0.1) is 17.4 Å². The third-order valence-corrected chi connectivity index (χ3v) is 8.16. The zero-order valence-corrected chi connectivity index (χ0v) is 24.0. The van der Waals surface area contributed by atoms with Gasteiger partial charge in [0.2, 0.25) is 0 Å². The molecule has 2 saturated heterocycles. The van der Waals surface area contributed by atoms with Crippen LogP contribution in [0.3, 0.4) is 0 Å². The number of piperazine rings is 1. The van der Waals surface area contributed by atoms with Gasteiger partial charge in [0, 0.05) is 31.9 Å². The summed E-state index contributed by atoms with van der Waals surface area (Å²) in [4.78, 5) is 21.4. The largest absolute Gasteiger partial charge is 0.492 e. The summed E-state index contributed by atoms with van der Waals surface area (Å²) >= 11 is 5.62. The van der Waals surface area contributed by atoms with Gasteiger partial charge in [-0.2, -0.15) is 31.6 Å². The van der Waals surface area contributed by atoms with Gasteiger partial charge in [-0.3, -0.25) is 14.6 Å². The van der Waals surface area contributed by atoms with E-state index in [1.165, 1.54) is 6.07 Å². The van der Waals surface area contributed by atoms with Gasteiger partial charge in [-0.05, 0) is 74.7 Å². The molecular weight excluding hydrogens is 598 g/mol. The Morgan fingerprint density at radius 2 is 1.88 bits per heavy atom. The number of rotatable bonds is 7. The second-order valence-corrected chi connectivity index (χ2v) is 11.6. The summed E-state index contributed by atoms with van der Waals surface area (Å²) in [6, 6.07) is 5.77. The first-order chi connectivity index (χ1) is 20.1. The number of carbonyl (C=O) groups is 1. The molecule has 1 aliphatic carbocycles. The topological polar surface area (TPSA) is 84.7 Å². The molecule has 15 heteroatoms. The molecule has 1 atom stereocenters.